The van der Waals surface area contributed by atoms with Crippen molar-refractivity contribution in [3.63, 3.8) is 0 Å². The van der Waals surface area contributed by atoms with E-state index in [4.69, 9.17) is 15.4 Å². The number of aryl methyl sites for hydroxylation is 1. The fourth-order valence-electron chi connectivity index (χ4n) is 1.74. The highest BCUT2D eigenvalue weighted by atomic mass is 32.2. The molecule has 0 aliphatic rings. The van der Waals surface area contributed by atoms with Crippen molar-refractivity contribution in [1.29, 1.82) is 5.26 Å². The molecule has 0 spiro atoms. The molecule has 22 heavy (non-hydrogen) atoms. The largest absolute Gasteiger partial charge is 0.441 e. The average Bonchev–Trinajstić information content (AvgIpc) is 3.15. The lowest BCUT2D eigenvalue weighted by Crippen LogP contribution is -1.98. The first-order valence-corrected chi connectivity index (χ1v) is 8.24. The van der Waals surface area contributed by atoms with Gasteiger partial charge in [0.2, 0.25) is 5.89 Å². The highest BCUT2D eigenvalue weighted by Gasteiger charge is 2.13. The summed E-state index contributed by atoms with van der Waals surface area (Å²) in [4.78, 5) is 12.7. The molecule has 0 saturated carbocycles. The number of nitrogens with two attached hydrogens (primary N) is 1. The Bertz CT molecular complexity index is 836. The molecule has 0 aliphatic carbocycles. The van der Waals surface area contributed by atoms with Crippen LogP contribution in [0.4, 0.5) is 5.82 Å². The molecule has 0 amide bonds. The van der Waals surface area contributed by atoms with Gasteiger partial charge in [0.15, 0.2) is 5.16 Å². The van der Waals surface area contributed by atoms with Crippen LogP contribution in [-0.2, 0) is 5.75 Å². The molecule has 3 aromatic rings. The van der Waals surface area contributed by atoms with Gasteiger partial charge in [-0.05, 0) is 18.4 Å². The van der Waals surface area contributed by atoms with Crippen LogP contribution in [0, 0.1) is 18.3 Å². The van der Waals surface area contributed by atoms with Crippen molar-refractivity contribution in [3.05, 3.63) is 40.0 Å². The van der Waals surface area contributed by atoms with Gasteiger partial charge < -0.3 is 10.2 Å². The minimum Gasteiger partial charge on any atom is -0.441 e. The van der Waals surface area contributed by atoms with Gasteiger partial charge in [-0.1, -0.05) is 11.8 Å². The number of hydrogen-bond acceptors (Lipinski definition) is 8. The Balaban J connectivity index is 1.74. The lowest BCUT2D eigenvalue weighted by atomic mass is 10.3. The summed E-state index contributed by atoms with van der Waals surface area (Å²) in [5.74, 6) is 2.16. The number of anilines is 1. The third-order valence-corrected chi connectivity index (χ3v) is 4.47. The van der Waals surface area contributed by atoms with E-state index in [-0.39, 0.29) is 11.4 Å². The highest BCUT2D eigenvalue weighted by Crippen LogP contribution is 2.27. The van der Waals surface area contributed by atoms with Gasteiger partial charge in [-0.2, -0.15) is 16.6 Å². The normalized spacial score (nSPS) is 10.5. The second-order valence-electron chi connectivity index (χ2n) is 4.39. The van der Waals surface area contributed by atoms with E-state index >= 15 is 0 Å². The monoisotopic (exact) mass is 329 g/mol. The van der Waals surface area contributed by atoms with Crippen LogP contribution in [-0.4, -0.2) is 15.0 Å². The fourth-order valence-corrected chi connectivity index (χ4v) is 3.19. The van der Waals surface area contributed by atoms with Crippen molar-refractivity contribution in [2.45, 2.75) is 17.8 Å². The topological polar surface area (TPSA) is 102 Å². The predicted octanol–water partition coefficient (Wildman–Crippen LogP) is 3.25. The predicted molar refractivity (Wildman–Crippen MR) is 85.3 cm³/mol. The first kappa shape index (κ1) is 14.6. The van der Waals surface area contributed by atoms with Crippen LogP contribution in [0.5, 0.6) is 0 Å². The van der Waals surface area contributed by atoms with Crippen LogP contribution < -0.4 is 5.73 Å². The average molecular weight is 329 g/mol. The molecule has 0 radical (unpaired) electrons. The maximum absolute atomic E-state index is 8.81. The Morgan fingerprint density at radius 2 is 2.32 bits per heavy atom. The number of nitrogens with zero attached hydrogens (tertiary/aromatic N) is 4. The Labute approximate surface area is 135 Å². The third kappa shape index (κ3) is 2.95. The van der Waals surface area contributed by atoms with Crippen molar-refractivity contribution in [3.8, 4) is 17.5 Å². The van der Waals surface area contributed by atoms with Gasteiger partial charge in [-0.25, -0.2) is 15.0 Å². The number of nitrogen functional groups attached to an aromatic ring is 1. The van der Waals surface area contributed by atoms with Gasteiger partial charge in [0.05, 0.1) is 11.9 Å². The molecule has 0 aromatic carbocycles. The van der Waals surface area contributed by atoms with Gasteiger partial charge >= 0.3 is 0 Å². The van der Waals surface area contributed by atoms with E-state index in [2.05, 4.69) is 15.0 Å². The standard InChI is InChI=1S/C14H11N5OS2/c1-8-11(18-13(20-8)9-2-3-21-6-9)7-22-14-17-5-10(4-15)12(16)19-14/h2-3,5-6H,7H2,1H3,(H2,16,17,19). The number of aromatic nitrogens is 3. The molecule has 0 saturated heterocycles. The highest BCUT2D eigenvalue weighted by molar-refractivity contribution is 7.98. The molecule has 0 unspecified atom stereocenters. The molecule has 110 valence electrons. The van der Waals surface area contributed by atoms with Crippen LogP contribution in [0.3, 0.4) is 0 Å². The zero-order valence-corrected chi connectivity index (χ0v) is 13.2. The fraction of sp³-hybridized carbons (Fsp3) is 0.143. The maximum atomic E-state index is 8.81. The number of rotatable bonds is 4. The number of nitriles is 1. The first-order chi connectivity index (χ1) is 10.7. The summed E-state index contributed by atoms with van der Waals surface area (Å²) in [5.41, 5.74) is 7.78. The van der Waals surface area contributed by atoms with Crippen molar-refractivity contribution >= 4 is 28.9 Å². The van der Waals surface area contributed by atoms with Crippen LogP contribution in [0.25, 0.3) is 11.5 Å². The van der Waals surface area contributed by atoms with E-state index in [0.717, 1.165) is 17.0 Å². The van der Waals surface area contributed by atoms with Gasteiger partial charge in [-0.15, -0.1) is 0 Å². The minimum absolute atomic E-state index is 0.191. The van der Waals surface area contributed by atoms with Crippen molar-refractivity contribution in [2.24, 2.45) is 0 Å². The van der Waals surface area contributed by atoms with Crippen LogP contribution in [0.2, 0.25) is 0 Å². The van der Waals surface area contributed by atoms with Crippen LogP contribution in [0.15, 0.2) is 32.6 Å². The Morgan fingerprint density at radius 3 is 3.00 bits per heavy atom. The van der Waals surface area contributed by atoms with Gasteiger partial charge in [0.1, 0.15) is 23.2 Å². The summed E-state index contributed by atoms with van der Waals surface area (Å²) in [6.45, 7) is 1.88. The molecule has 0 aliphatic heterocycles. The van der Waals surface area contributed by atoms with E-state index in [1.807, 2.05) is 29.8 Å². The summed E-state index contributed by atoms with van der Waals surface area (Å²) >= 11 is 3.00. The number of thiophene rings is 1. The van der Waals surface area contributed by atoms with E-state index in [0.29, 0.717) is 16.8 Å². The van der Waals surface area contributed by atoms with E-state index in [9.17, 15) is 0 Å². The smallest absolute Gasteiger partial charge is 0.227 e. The Morgan fingerprint density at radius 1 is 1.45 bits per heavy atom. The van der Waals surface area contributed by atoms with Crippen molar-refractivity contribution in [1.82, 2.24) is 15.0 Å². The second-order valence-corrected chi connectivity index (χ2v) is 6.11. The van der Waals surface area contributed by atoms with Gasteiger partial charge in [0, 0.05) is 16.7 Å². The van der Waals surface area contributed by atoms with Gasteiger partial charge in [0.25, 0.3) is 0 Å². The lowest BCUT2D eigenvalue weighted by Gasteiger charge is -2.00. The summed E-state index contributed by atoms with van der Waals surface area (Å²) in [5, 5.41) is 13.3. The van der Waals surface area contributed by atoms with E-state index < -0.39 is 0 Å². The van der Waals surface area contributed by atoms with Gasteiger partial charge in [-0.3, -0.25) is 0 Å². The third-order valence-electron chi connectivity index (χ3n) is 2.92. The molecule has 3 heterocycles. The van der Waals surface area contributed by atoms with Crippen LogP contribution >= 0.6 is 23.1 Å². The zero-order chi connectivity index (χ0) is 15.5. The molecule has 6 nitrogen and oxygen atoms in total. The Hall–Kier alpha value is -2.37. The van der Waals surface area contributed by atoms with Crippen molar-refractivity contribution < 1.29 is 4.42 Å². The first-order valence-electron chi connectivity index (χ1n) is 6.31. The van der Waals surface area contributed by atoms with E-state index in [1.165, 1.54) is 18.0 Å². The number of hydrogen-bond donors (Lipinski definition) is 1. The summed E-state index contributed by atoms with van der Waals surface area (Å²) in [6.07, 6.45) is 1.43. The minimum atomic E-state index is 0.191. The second kappa shape index (κ2) is 6.17. The molecule has 2 N–H and O–H groups in total. The number of thioether (sulfide) groups is 1. The molecule has 0 bridgehead atoms. The lowest BCUT2D eigenvalue weighted by molar-refractivity contribution is 0.541. The summed E-state index contributed by atoms with van der Waals surface area (Å²) in [6, 6.07) is 3.91. The summed E-state index contributed by atoms with van der Waals surface area (Å²) in [7, 11) is 0. The maximum Gasteiger partial charge on any atom is 0.227 e. The molecule has 0 fully saturated rings. The zero-order valence-electron chi connectivity index (χ0n) is 11.6. The molecule has 3 rings (SSSR count). The molecular formula is C14H11N5OS2. The molecule has 0 atom stereocenters. The quantitative estimate of drug-likeness (QED) is 0.579. The van der Waals surface area contributed by atoms with Crippen LogP contribution in [0.1, 0.15) is 17.0 Å². The Kier molecular flexibility index (Phi) is 4.09. The van der Waals surface area contributed by atoms with Crippen molar-refractivity contribution in [2.75, 3.05) is 5.73 Å². The molecule has 3 aromatic heterocycles. The number of oxazole rings is 1. The molecule has 8 heteroatoms. The SMILES string of the molecule is Cc1oc(-c2ccsc2)nc1CSc1ncc(C#N)c(N)n1. The summed E-state index contributed by atoms with van der Waals surface area (Å²) < 4.78 is 5.68. The molecular weight excluding hydrogens is 318 g/mol. The van der Waals surface area contributed by atoms with E-state index in [1.54, 1.807) is 11.3 Å².